The Morgan fingerprint density at radius 2 is 2.09 bits per heavy atom. The van der Waals surface area contributed by atoms with Crippen LogP contribution in [0, 0.1) is 23.2 Å². The zero-order valence-corrected chi connectivity index (χ0v) is 11.7. The fourth-order valence-electron chi connectivity index (χ4n) is 1.59. The summed E-state index contributed by atoms with van der Waals surface area (Å²) in [5.74, 6) is 5.51. The van der Waals surface area contributed by atoms with E-state index in [-0.39, 0.29) is 13.2 Å². The molecule has 0 aliphatic heterocycles. The van der Waals surface area contributed by atoms with Gasteiger partial charge in [0.05, 0.1) is 18.2 Å². The van der Waals surface area contributed by atoms with E-state index in [9.17, 15) is 4.79 Å². The van der Waals surface area contributed by atoms with Gasteiger partial charge in [0.2, 0.25) is 0 Å². The highest BCUT2D eigenvalue weighted by Gasteiger charge is 2.00. The normalized spacial score (nSPS) is 9.05. The minimum atomic E-state index is -0.531. The van der Waals surface area contributed by atoms with E-state index >= 15 is 0 Å². The van der Waals surface area contributed by atoms with Gasteiger partial charge in [0.1, 0.15) is 12.3 Å². The monoisotopic (exact) mass is 291 g/mol. The van der Waals surface area contributed by atoms with Gasteiger partial charge in [0, 0.05) is 6.20 Å². The van der Waals surface area contributed by atoms with Gasteiger partial charge in [-0.2, -0.15) is 5.26 Å². The molecule has 0 saturated carbocycles. The number of ether oxygens (including phenoxy) is 1. The molecule has 108 valence electrons. The maximum Gasteiger partial charge on any atom is 0.408 e. The lowest BCUT2D eigenvalue weighted by atomic mass is 10.2. The number of nitrogens with one attached hydrogen (secondary N) is 1. The summed E-state index contributed by atoms with van der Waals surface area (Å²) in [5, 5.41) is 11.3. The van der Waals surface area contributed by atoms with Gasteiger partial charge in [0.25, 0.3) is 0 Å². The molecule has 0 saturated heterocycles. The van der Waals surface area contributed by atoms with Crippen LogP contribution in [-0.2, 0) is 11.3 Å². The summed E-state index contributed by atoms with van der Waals surface area (Å²) in [6.45, 7) is 0.359. The summed E-state index contributed by atoms with van der Waals surface area (Å²) < 4.78 is 5.04. The van der Waals surface area contributed by atoms with Gasteiger partial charge < -0.3 is 10.1 Å². The van der Waals surface area contributed by atoms with Crippen molar-refractivity contribution in [2.24, 2.45) is 0 Å². The Labute approximate surface area is 128 Å². The van der Waals surface area contributed by atoms with Crippen LogP contribution in [0.15, 0.2) is 48.7 Å². The maximum absolute atomic E-state index is 11.5. The van der Waals surface area contributed by atoms with Crippen molar-refractivity contribution in [3.8, 4) is 17.9 Å². The standard InChI is InChI=1S/C17H13N3O2/c18-12-15-8-10-19-16(11-15)7-4-9-20-17(21)22-13-14-5-2-1-3-6-14/h1-3,5-6,8,10-11H,9,13H2,(H,20,21). The molecule has 0 radical (unpaired) electrons. The number of nitrogens with zero attached hydrogens (tertiary/aromatic N) is 2. The Morgan fingerprint density at radius 1 is 1.27 bits per heavy atom. The summed E-state index contributed by atoms with van der Waals surface area (Å²) >= 11 is 0. The predicted octanol–water partition coefficient (Wildman–Crippen LogP) is 2.23. The molecule has 2 aromatic rings. The first kappa shape index (κ1) is 15.1. The number of amides is 1. The molecule has 5 nitrogen and oxygen atoms in total. The number of carbonyl (C=O) groups excluding carboxylic acids is 1. The lowest BCUT2D eigenvalue weighted by Crippen LogP contribution is -2.24. The Kier molecular flexibility index (Phi) is 5.54. The van der Waals surface area contributed by atoms with E-state index in [2.05, 4.69) is 22.1 Å². The number of benzene rings is 1. The van der Waals surface area contributed by atoms with Gasteiger partial charge >= 0.3 is 6.09 Å². The van der Waals surface area contributed by atoms with Crippen LogP contribution in [0.1, 0.15) is 16.8 Å². The second-order valence-electron chi connectivity index (χ2n) is 4.26. The van der Waals surface area contributed by atoms with E-state index in [1.807, 2.05) is 36.4 Å². The number of nitriles is 1. The van der Waals surface area contributed by atoms with Crippen LogP contribution in [0.25, 0.3) is 0 Å². The Bertz CT molecular complexity index is 740. The Hall–Kier alpha value is -3.31. The van der Waals surface area contributed by atoms with Crippen LogP contribution in [0.3, 0.4) is 0 Å². The molecule has 0 fully saturated rings. The average molecular weight is 291 g/mol. The summed E-state index contributed by atoms with van der Waals surface area (Å²) in [4.78, 5) is 15.5. The minimum Gasteiger partial charge on any atom is -0.445 e. The van der Waals surface area contributed by atoms with Crippen LogP contribution in [0.4, 0.5) is 4.79 Å². The highest BCUT2D eigenvalue weighted by molar-refractivity contribution is 5.67. The summed E-state index contributed by atoms with van der Waals surface area (Å²) in [6, 6.07) is 14.6. The Morgan fingerprint density at radius 3 is 2.86 bits per heavy atom. The molecule has 5 heteroatoms. The SMILES string of the molecule is N#Cc1ccnc(C#CCNC(=O)OCc2ccccc2)c1. The predicted molar refractivity (Wildman–Crippen MR) is 80.5 cm³/mol. The van der Waals surface area contributed by atoms with Gasteiger partial charge in [-0.3, -0.25) is 0 Å². The molecule has 1 heterocycles. The number of hydrogen-bond donors (Lipinski definition) is 1. The van der Waals surface area contributed by atoms with Crippen molar-refractivity contribution in [1.29, 1.82) is 5.26 Å². The molecular weight excluding hydrogens is 278 g/mol. The molecule has 1 N–H and O–H groups in total. The third-order valence-electron chi connectivity index (χ3n) is 2.64. The van der Waals surface area contributed by atoms with Crippen molar-refractivity contribution in [3.05, 3.63) is 65.5 Å². The van der Waals surface area contributed by atoms with Crippen LogP contribution in [0.2, 0.25) is 0 Å². The Balaban J connectivity index is 1.75. The highest BCUT2D eigenvalue weighted by atomic mass is 16.5. The topological polar surface area (TPSA) is 75.0 Å². The van der Waals surface area contributed by atoms with E-state index in [1.54, 1.807) is 12.1 Å². The van der Waals surface area contributed by atoms with Crippen LogP contribution >= 0.6 is 0 Å². The smallest absolute Gasteiger partial charge is 0.408 e. The number of pyridine rings is 1. The summed E-state index contributed by atoms with van der Waals surface area (Å²) in [5.41, 5.74) is 1.90. The zero-order chi connectivity index (χ0) is 15.6. The third-order valence-corrected chi connectivity index (χ3v) is 2.64. The van der Waals surface area contributed by atoms with Crippen LogP contribution in [0.5, 0.6) is 0 Å². The molecule has 0 aliphatic carbocycles. The number of carbonyl (C=O) groups is 1. The average Bonchev–Trinajstić information content (AvgIpc) is 2.58. The van der Waals surface area contributed by atoms with Crippen molar-refractivity contribution in [3.63, 3.8) is 0 Å². The summed E-state index contributed by atoms with van der Waals surface area (Å²) in [6.07, 6.45) is 0.987. The van der Waals surface area contributed by atoms with Crippen molar-refractivity contribution in [2.45, 2.75) is 6.61 Å². The first-order valence-corrected chi connectivity index (χ1v) is 6.57. The first-order valence-electron chi connectivity index (χ1n) is 6.57. The second-order valence-corrected chi connectivity index (χ2v) is 4.26. The highest BCUT2D eigenvalue weighted by Crippen LogP contribution is 2.00. The number of rotatable bonds is 3. The van der Waals surface area contributed by atoms with E-state index < -0.39 is 6.09 Å². The lowest BCUT2D eigenvalue weighted by Gasteiger charge is -2.04. The van der Waals surface area contributed by atoms with Crippen LogP contribution in [-0.4, -0.2) is 17.6 Å². The molecule has 22 heavy (non-hydrogen) atoms. The van der Waals surface area contributed by atoms with Gasteiger partial charge in [-0.15, -0.1) is 0 Å². The van der Waals surface area contributed by atoms with E-state index in [1.165, 1.54) is 6.20 Å². The third kappa shape index (κ3) is 4.99. The van der Waals surface area contributed by atoms with E-state index in [4.69, 9.17) is 10.00 Å². The van der Waals surface area contributed by atoms with Crippen molar-refractivity contribution < 1.29 is 9.53 Å². The molecule has 0 bridgehead atoms. The van der Waals surface area contributed by atoms with E-state index in [0.717, 1.165) is 5.56 Å². The molecule has 0 unspecified atom stereocenters. The van der Waals surface area contributed by atoms with Crippen LogP contribution < -0.4 is 5.32 Å². The number of alkyl carbamates (subject to hydrolysis) is 1. The van der Waals surface area contributed by atoms with Gasteiger partial charge in [-0.1, -0.05) is 36.3 Å². The zero-order valence-electron chi connectivity index (χ0n) is 11.7. The number of aromatic nitrogens is 1. The first-order chi connectivity index (χ1) is 10.8. The lowest BCUT2D eigenvalue weighted by molar-refractivity contribution is 0.141. The largest absolute Gasteiger partial charge is 0.445 e. The number of hydrogen-bond acceptors (Lipinski definition) is 4. The van der Waals surface area contributed by atoms with Gasteiger partial charge in [0.15, 0.2) is 0 Å². The molecular formula is C17H13N3O2. The van der Waals surface area contributed by atoms with E-state index in [0.29, 0.717) is 11.3 Å². The maximum atomic E-state index is 11.5. The van der Waals surface area contributed by atoms with Crippen molar-refractivity contribution in [1.82, 2.24) is 10.3 Å². The fraction of sp³-hybridized carbons (Fsp3) is 0.118. The fourth-order valence-corrected chi connectivity index (χ4v) is 1.59. The van der Waals surface area contributed by atoms with Crippen molar-refractivity contribution in [2.75, 3.05) is 6.54 Å². The molecule has 0 aliphatic rings. The molecule has 0 atom stereocenters. The molecule has 1 aromatic carbocycles. The van der Waals surface area contributed by atoms with Gasteiger partial charge in [-0.25, -0.2) is 9.78 Å². The second kappa shape index (κ2) is 8.08. The quantitative estimate of drug-likeness (QED) is 0.880. The minimum absolute atomic E-state index is 0.145. The molecule has 2 rings (SSSR count). The molecule has 1 amide bonds. The molecule has 1 aromatic heterocycles. The summed E-state index contributed by atoms with van der Waals surface area (Å²) in [7, 11) is 0. The van der Waals surface area contributed by atoms with Gasteiger partial charge in [-0.05, 0) is 23.6 Å². The van der Waals surface area contributed by atoms with Crippen molar-refractivity contribution >= 4 is 6.09 Å². The molecule has 0 spiro atoms.